The highest BCUT2D eigenvalue weighted by Gasteiger charge is 2.29. The van der Waals surface area contributed by atoms with Gasteiger partial charge in [0.1, 0.15) is 57.1 Å². The molecule has 3 aromatic heterocycles. The molecule has 2 N–H and O–H groups in total. The van der Waals surface area contributed by atoms with Crippen molar-refractivity contribution in [3.8, 4) is 57.3 Å². The fourth-order valence-electron chi connectivity index (χ4n) is 12.9. The van der Waals surface area contributed by atoms with Crippen LogP contribution in [0, 0.1) is 0 Å². The van der Waals surface area contributed by atoms with E-state index in [-0.39, 0.29) is 0 Å². The normalized spacial score (nSPS) is 13.0. The summed E-state index contributed by atoms with van der Waals surface area (Å²) in [7, 11) is 0. The Bertz CT molecular complexity index is 5510. The first kappa shape index (κ1) is 53.4. The molecule has 15 heteroatoms. The summed E-state index contributed by atoms with van der Waals surface area (Å²) in [5.74, 6) is 4.92. The van der Waals surface area contributed by atoms with Crippen LogP contribution in [0.4, 0.5) is 51.2 Å². The molecule has 0 saturated heterocycles. The van der Waals surface area contributed by atoms with Gasteiger partial charge in [-0.15, -0.1) is 0 Å². The first-order chi connectivity index (χ1) is 46.0. The predicted molar refractivity (Wildman–Crippen MR) is 374 cm³/mol. The van der Waals surface area contributed by atoms with E-state index >= 15 is 0 Å². The van der Waals surface area contributed by atoms with Crippen molar-refractivity contribution in [3.05, 3.63) is 273 Å². The molecule has 0 spiro atoms. The van der Waals surface area contributed by atoms with E-state index < -0.39 is 0 Å². The van der Waals surface area contributed by atoms with Crippen molar-refractivity contribution in [2.24, 2.45) is 0 Å². The number of para-hydroxylation sites is 6. The molecule has 0 radical (unpaired) electrons. The SMILES string of the molecule is c1ccc2c(c1)Sc1ccccc1N2c1ccc(Oc2ccc3c(c2)-c2nc-3nc3[nH]c(nc4[nH]c(n2)c2ccc(Oc5ccc(N6c7ccccc7Sc7ccccc76)cc5)cc42)c2ccc(Oc4ccc(N5c6ccccc6Sc6ccccc65)cc4)cc32)cc1. The molecule has 0 atom stereocenters. The molecule has 0 unspecified atom stereocenters. The van der Waals surface area contributed by atoms with Crippen LogP contribution in [-0.4, -0.2) is 29.9 Å². The Morgan fingerprint density at radius 1 is 0.247 bits per heavy atom. The highest BCUT2D eigenvalue weighted by molar-refractivity contribution is 8.00. The van der Waals surface area contributed by atoms with Crippen LogP contribution in [0.3, 0.4) is 0 Å². The van der Waals surface area contributed by atoms with Crippen molar-refractivity contribution in [2.45, 2.75) is 29.4 Å². The molecule has 0 saturated carbocycles. The second kappa shape index (κ2) is 21.6. The second-order valence-corrected chi connectivity index (χ2v) is 26.0. The van der Waals surface area contributed by atoms with Gasteiger partial charge in [0.25, 0.3) is 0 Å². The van der Waals surface area contributed by atoms with E-state index in [4.69, 9.17) is 34.1 Å². The molecule has 19 rings (SSSR count). The van der Waals surface area contributed by atoms with Gasteiger partial charge in [-0.05, 0) is 200 Å². The summed E-state index contributed by atoms with van der Waals surface area (Å²) in [6.07, 6.45) is 0. The standard InChI is InChI=1S/C78H47N9O3S3/c1-7-19-67-61(13-1)85(62-14-2-8-20-68(62)91-67)46-25-31-49(32-26-46)88-52-37-40-55-58(43-52)76-79-73(55)83-77-60-45-54(90-51-35-29-48(30-36-51)87-65-17-5-11-23-71(65)93-72-24-12-6-18-66(72)87)39-42-57(60)75(81-77)84-78-59-44-53(38-41-56(59)74(80-78)82-76)89-50-33-27-47(28-34-50)86-63-15-3-9-21-69(63)92-70-22-10-4-16-64(70)86/h1-45H,(H2,79,80,81,82,83,84). The van der Waals surface area contributed by atoms with Crippen molar-refractivity contribution < 1.29 is 14.2 Å². The third-order valence-electron chi connectivity index (χ3n) is 17.1. The maximum absolute atomic E-state index is 6.71. The second-order valence-electron chi connectivity index (χ2n) is 22.8. The monoisotopic (exact) mass is 1250 g/mol. The number of hydrogen-bond donors (Lipinski definition) is 2. The van der Waals surface area contributed by atoms with Crippen LogP contribution in [0.1, 0.15) is 0 Å². The minimum absolute atomic E-state index is 0.469. The lowest BCUT2D eigenvalue weighted by Gasteiger charge is -2.32. The Morgan fingerprint density at radius 3 is 0.914 bits per heavy atom. The van der Waals surface area contributed by atoms with E-state index in [1.807, 2.05) is 91.0 Å². The molecule has 4 aliphatic rings. The lowest BCUT2D eigenvalue weighted by Crippen LogP contribution is -2.14. The first-order valence-electron chi connectivity index (χ1n) is 30.4. The van der Waals surface area contributed by atoms with Crippen molar-refractivity contribution in [2.75, 3.05) is 14.7 Å². The summed E-state index contributed by atoms with van der Waals surface area (Å²) < 4.78 is 20.1. The maximum Gasteiger partial charge on any atom is 0.164 e. The molecular weight excluding hydrogens is 1210 g/mol. The largest absolute Gasteiger partial charge is 0.457 e. The molecule has 0 fully saturated rings. The number of rotatable bonds is 9. The number of ether oxygens (including phenoxy) is 3. The van der Waals surface area contributed by atoms with Gasteiger partial charge in [-0.1, -0.05) is 108 Å². The number of anilines is 9. The van der Waals surface area contributed by atoms with E-state index in [0.717, 1.165) is 83.9 Å². The fourth-order valence-corrected chi connectivity index (χ4v) is 16.0. The number of nitrogens with zero attached hydrogens (tertiary/aromatic N) is 7. The van der Waals surface area contributed by atoms with Gasteiger partial charge in [-0.3, -0.25) is 0 Å². The van der Waals surface area contributed by atoms with Crippen molar-refractivity contribution in [3.63, 3.8) is 0 Å². The molecule has 0 amide bonds. The van der Waals surface area contributed by atoms with Crippen molar-refractivity contribution in [1.29, 1.82) is 0 Å². The Balaban J connectivity index is 0.693. The minimum atomic E-state index is 0.469. The summed E-state index contributed by atoms with van der Waals surface area (Å²) >= 11 is 5.37. The molecule has 4 aliphatic heterocycles. The quantitative estimate of drug-likeness (QED) is 0.143. The Morgan fingerprint density at radius 2 is 0.538 bits per heavy atom. The molecule has 15 aromatic rings. The van der Waals surface area contributed by atoms with Gasteiger partial charge in [-0.25, -0.2) is 19.9 Å². The van der Waals surface area contributed by atoms with Crippen molar-refractivity contribution in [1.82, 2.24) is 29.9 Å². The molecule has 7 heterocycles. The van der Waals surface area contributed by atoms with Gasteiger partial charge < -0.3 is 38.9 Å². The number of nitrogens with one attached hydrogen (secondary N) is 2. The van der Waals surface area contributed by atoms with Crippen LogP contribution in [0.25, 0.3) is 66.9 Å². The van der Waals surface area contributed by atoms with Crippen LogP contribution in [0.5, 0.6) is 34.5 Å². The predicted octanol–water partition coefficient (Wildman–Crippen LogP) is 22.5. The van der Waals surface area contributed by atoms with E-state index in [0.29, 0.717) is 68.7 Å². The highest BCUT2D eigenvalue weighted by atomic mass is 32.2. The lowest BCUT2D eigenvalue weighted by atomic mass is 10.1. The van der Waals surface area contributed by atoms with Gasteiger partial charge in [0.15, 0.2) is 11.6 Å². The van der Waals surface area contributed by atoms with Crippen LogP contribution in [0.2, 0.25) is 0 Å². The third kappa shape index (κ3) is 9.26. The summed E-state index contributed by atoms with van der Waals surface area (Å²) in [5, 5.41) is 3.28. The summed E-state index contributed by atoms with van der Waals surface area (Å²) in [4.78, 5) is 42.6. The van der Waals surface area contributed by atoms with Gasteiger partial charge in [-0.2, -0.15) is 0 Å². The number of fused-ring (bicyclic) bond motifs is 21. The van der Waals surface area contributed by atoms with Crippen LogP contribution in [0.15, 0.2) is 302 Å². The maximum atomic E-state index is 6.71. The van der Waals surface area contributed by atoms with Gasteiger partial charge in [0, 0.05) is 79.1 Å². The van der Waals surface area contributed by atoms with Gasteiger partial charge in [0.2, 0.25) is 0 Å². The highest BCUT2D eigenvalue weighted by Crippen LogP contribution is 2.55. The lowest BCUT2D eigenvalue weighted by molar-refractivity contribution is 0.483. The third-order valence-corrected chi connectivity index (χ3v) is 20.5. The number of hydrogen-bond acceptors (Lipinski definition) is 13. The number of aromatic amines is 2. The average molecular weight is 1250 g/mol. The van der Waals surface area contributed by atoms with E-state index in [1.165, 1.54) is 29.4 Å². The number of aromatic nitrogens is 6. The van der Waals surface area contributed by atoms with Crippen molar-refractivity contribution >= 4 is 131 Å². The summed E-state index contributed by atoms with van der Waals surface area (Å²) in [5.41, 5.74) is 13.8. The smallest absolute Gasteiger partial charge is 0.164 e. The fraction of sp³-hybridized carbons (Fsp3) is 0. The average Bonchev–Trinajstić information content (AvgIpc) is 1.60. The topological polar surface area (TPSA) is 121 Å². The molecule has 12 nitrogen and oxygen atoms in total. The Hall–Kier alpha value is -11.5. The van der Waals surface area contributed by atoms with Gasteiger partial charge in [0.05, 0.1) is 34.1 Å². The van der Waals surface area contributed by atoms with Gasteiger partial charge >= 0.3 is 0 Å². The minimum Gasteiger partial charge on any atom is -0.457 e. The first-order valence-corrected chi connectivity index (χ1v) is 32.8. The number of H-pyrrole nitrogens is 2. The van der Waals surface area contributed by atoms with Crippen LogP contribution >= 0.6 is 35.3 Å². The molecule has 440 valence electrons. The van der Waals surface area contributed by atoms with E-state index in [9.17, 15) is 0 Å². The Kier molecular flexibility index (Phi) is 12.4. The molecule has 6 bridgehead atoms. The van der Waals surface area contributed by atoms with E-state index in [2.05, 4.69) is 207 Å². The molecule has 0 aliphatic carbocycles. The molecule has 93 heavy (non-hydrogen) atoms. The molecule has 12 aromatic carbocycles. The zero-order chi connectivity index (χ0) is 61.1. The summed E-state index contributed by atoms with van der Waals surface area (Å²) in [6, 6.07) is 93.9. The Labute approximate surface area is 545 Å². The molecular formula is C78H47N9O3S3. The zero-order valence-electron chi connectivity index (χ0n) is 49.1. The zero-order valence-corrected chi connectivity index (χ0v) is 51.5. The van der Waals surface area contributed by atoms with E-state index in [1.54, 1.807) is 35.3 Å². The van der Waals surface area contributed by atoms with Crippen LogP contribution in [-0.2, 0) is 0 Å². The number of benzene rings is 12. The summed E-state index contributed by atoms with van der Waals surface area (Å²) in [6.45, 7) is 0. The van der Waals surface area contributed by atoms with Crippen LogP contribution < -0.4 is 28.9 Å².